The van der Waals surface area contributed by atoms with Crippen molar-refractivity contribution >= 4 is 28.9 Å². The maximum absolute atomic E-state index is 10.9. The number of hydrogen-bond acceptors (Lipinski definition) is 6. The van der Waals surface area contributed by atoms with E-state index in [9.17, 15) is 9.90 Å². The van der Waals surface area contributed by atoms with Gasteiger partial charge in [-0.1, -0.05) is 23.7 Å². The molecule has 2 heterocycles. The highest BCUT2D eigenvalue weighted by Gasteiger charge is 2.18. The van der Waals surface area contributed by atoms with E-state index in [1.165, 1.54) is 11.3 Å². The van der Waals surface area contributed by atoms with Crippen LogP contribution in [0.4, 0.5) is 0 Å². The molecule has 0 saturated carbocycles. The molecule has 0 radical (unpaired) electrons. The molecule has 23 heavy (non-hydrogen) atoms. The van der Waals surface area contributed by atoms with Gasteiger partial charge in [-0.25, -0.2) is 4.98 Å². The van der Waals surface area contributed by atoms with Crippen molar-refractivity contribution < 1.29 is 19.4 Å². The molecule has 0 atom stereocenters. The van der Waals surface area contributed by atoms with E-state index < -0.39 is 5.97 Å². The van der Waals surface area contributed by atoms with Crippen LogP contribution >= 0.6 is 22.9 Å². The highest BCUT2D eigenvalue weighted by Crippen LogP contribution is 2.36. The Morgan fingerprint density at radius 2 is 2.00 bits per heavy atom. The smallest absolute Gasteiger partial charge is 0.227 e. The number of carbonyl (C=O) groups is 1. The first kappa shape index (κ1) is 15.7. The molecule has 0 unspecified atom stereocenters. The van der Waals surface area contributed by atoms with Crippen LogP contribution in [0.25, 0.3) is 22.1 Å². The normalized spacial score (nSPS) is 10.9. The van der Waals surface area contributed by atoms with Gasteiger partial charge in [-0.3, -0.25) is 0 Å². The van der Waals surface area contributed by atoms with Crippen LogP contribution in [-0.2, 0) is 17.8 Å². The van der Waals surface area contributed by atoms with E-state index in [1.807, 2.05) is 0 Å². The summed E-state index contributed by atoms with van der Waals surface area (Å²) in [6, 6.07) is 10.5. The minimum Gasteiger partial charge on any atom is -0.550 e. The summed E-state index contributed by atoms with van der Waals surface area (Å²) in [7, 11) is 0. The van der Waals surface area contributed by atoms with Crippen molar-refractivity contribution in [1.29, 1.82) is 0 Å². The lowest BCUT2D eigenvalue weighted by atomic mass is 10.1. The van der Waals surface area contributed by atoms with Gasteiger partial charge >= 0.3 is 0 Å². The molecule has 0 aliphatic carbocycles. The number of carbonyl (C=O) groups excluding carboxylic acids is 1. The maximum atomic E-state index is 10.9. The molecule has 3 aromatic rings. The zero-order chi connectivity index (χ0) is 16.4. The molecule has 118 valence electrons. The van der Waals surface area contributed by atoms with Crippen LogP contribution in [0, 0.1) is 0 Å². The lowest BCUT2D eigenvalue weighted by molar-refractivity contribution is -0.304. The third-order valence-electron chi connectivity index (χ3n) is 3.19. The van der Waals surface area contributed by atoms with Gasteiger partial charge in [0.1, 0.15) is 0 Å². The number of aromatic nitrogens is 1. The molecule has 0 amide bonds. The molecule has 0 aliphatic heterocycles. The van der Waals surface area contributed by atoms with Gasteiger partial charge in [0.05, 0.1) is 21.5 Å². The first-order chi connectivity index (χ1) is 11.1. The number of rotatable bonds is 5. The monoisotopic (exact) mass is 348 g/mol. The molecule has 0 fully saturated rings. The predicted molar refractivity (Wildman–Crippen MR) is 84.9 cm³/mol. The van der Waals surface area contributed by atoms with E-state index in [2.05, 4.69) is 4.98 Å². The zero-order valence-corrected chi connectivity index (χ0v) is 13.4. The SMILES string of the molecule is O=C([O-])Cc1nc(-c2ccc(CO)cc2)oc1-c1ccc(Cl)s1. The van der Waals surface area contributed by atoms with E-state index >= 15 is 0 Å². The van der Waals surface area contributed by atoms with Crippen molar-refractivity contribution in [2.75, 3.05) is 0 Å². The number of benzene rings is 1. The Bertz CT molecular complexity index is 838. The van der Waals surface area contributed by atoms with Gasteiger partial charge in [0.15, 0.2) is 5.76 Å². The molecular formula is C16H11ClNO4S-. The molecular weight excluding hydrogens is 338 g/mol. The van der Waals surface area contributed by atoms with Crippen LogP contribution in [0.3, 0.4) is 0 Å². The number of halogens is 1. The second kappa shape index (κ2) is 6.54. The molecule has 7 heteroatoms. The molecule has 0 bridgehead atoms. The number of nitrogens with zero attached hydrogens (tertiary/aromatic N) is 1. The Morgan fingerprint density at radius 1 is 1.26 bits per heavy atom. The summed E-state index contributed by atoms with van der Waals surface area (Å²) in [6.07, 6.45) is -0.344. The van der Waals surface area contributed by atoms with Gasteiger partial charge in [0.25, 0.3) is 0 Å². The Morgan fingerprint density at radius 3 is 2.57 bits per heavy atom. The molecule has 0 aliphatic rings. The van der Waals surface area contributed by atoms with Gasteiger partial charge in [-0.2, -0.15) is 0 Å². The minimum absolute atomic E-state index is 0.0548. The third kappa shape index (κ3) is 3.44. The van der Waals surface area contributed by atoms with E-state index in [1.54, 1.807) is 36.4 Å². The number of aliphatic hydroxyl groups is 1. The Balaban J connectivity index is 2.04. The summed E-state index contributed by atoms with van der Waals surface area (Å²) in [5, 5.41) is 20.0. The summed E-state index contributed by atoms with van der Waals surface area (Å²) < 4.78 is 6.34. The summed E-state index contributed by atoms with van der Waals surface area (Å²) >= 11 is 7.21. The average molecular weight is 349 g/mol. The van der Waals surface area contributed by atoms with Crippen molar-refractivity contribution in [1.82, 2.24) is 4.98 Å². The lowest BCUT2D eigenvalue weighted by Crippen LogP contribution is -2.24. The second-order valence-corrected chi connectivity index (χ2v) is 6.52. The van der Waals surface area contributed by atoms with Crippen LogP contribution in [0.1, 0.15) is 11.3 Å². The summed E-state index contributed by atoms with van der Waals surface area (Å²) in [5.41, 5.74) is 1.75. The number of thiophene rings is 1. The van der Waals surface area contributed by atoms with Crippen molar-refractivity contribution in [3.8, 4) is 22.1 Å². The summed E-state index contributed by atoms with van der Waals surface area (Å²) in [4.78, 5) is 15.9. The second-order valence-electron chi connectivity index (χ2n) is 4.80. The number of carboxylic acid groups (broad SMARTS) is 1. The van der Waals surface area contributed by atoms with Gasteiger partial charge in [0, 0.05) is 18.0 Å². The quantitative estimate of drug-likeness (QED) is 0.765. The van der Waals surface area contributed by atoms with E-state index in [0.29, 0.717) is 32.1 Å². The Labute approximate surface area is 140 Å². The average Bonchev–Trinajstić information content (AvgIpc) is 3.13. The first-order valence-corrected chi connectivity index (χ1v) is 7.91. The van der Waals surface area contributed by atoms with Gasteiger partial charge in [0.2, 0.25) is 5.89 Å². The maximum Gasteiger partial charge on any atom is 0.227 e. The van der Waals surface area contributed by atoms with Gasteiger partial charge in [-0.15, -0.1) is 11.3 Å². The Hall–Kier alpha value is -2.15. The van der Waals surface area contributed by atoms with E-state index in [-0.39, 0.29) is 13.0 Å². The molecule has 0 spiro atoms. The molecule has 5 nitrogen and oxygen atoms in total. The molecule has 0 saturated heterocycles. The topological polar surface area (TPSA) is 86.4 Å². The first-order valence-electron chi connectivity index (χ1n) is 6.72. The van der Waals surface area contributed by atoms with Crippen molar-refractivity contribution in [2.45, 2.75) is 13.0 Å². The highest BCUT2D eigenvalue weighted by molar-refractivity contribution is 7.19. The molecule has 1 aromatic carbocycles. The van der Waals surface area contributed by atoms with Crippen LogP contribution in [0.15, 0.2) is 40.8 Å². The number of aliphatic carboxylic acids is 1. The number of hydrogen-bond donors (Lipinski definition) is 1. The molecule has 1 N–H and O–H groups in total. The van der Waals surface area contributed by atoms with Crippen molar-refractivity contribution in [2.24, 2.45) is 0 Å². The van der Waals surface area contributed by atoms with E-state index in [4.69, 9.17) is 21.1 Å². The number of aliphatic hydroxyl groups excluding tert-OH is 1. The number of oxazole rings is 1. The largest absolute Gasteiger partial charge is 0.550 e. The summed E-state index contributed by atoms with van der Waals surface area (Å²) in [6.45, 7) is -0.0548. The Kier molecular flexibility index (Phi) is 4.47. The van der Waals surface area contributed by atoms with Crippen molar-refractivity contribution in [3.05, 3.63) is 52.0 Å². The highest BCUT2D eigenvalue weighted by atomic mass is 35.5. The summed E-state index contributed by atoms with van der Waals surface area (Å²) in [5.74, 6) is -0.540. The van der Waals surface area contributed by atoms with Crippen LogP contribution in [0.2, 0.25) is 4.34 Å². The van der Waals surface area contributed by atoms with Crippen LogP contribution < -0.4 is 5.11 Å². The number of carboxylic acids is 1. The molecule has 2 aromatic heterocycles. The van der Waals surface area contributed by atoms with Gasteiger partial charge in [-0.05, 0) is 29.8 Å². The fourth-order valence-electron chi connectivity index (χ4n) is 2.11. The fraction of sp³-hybridized carbons (Fsp3) is 0.125. The zero-order valence-electron chi connectivity index (χ0n) is 11.8. The van der Waals surface area contributed by atoms with Crippen molar-refractivity contribution in [3.63, 3.8) is 0 Å². The molecule has 3 rings (SSSR count). The minimum atomic E-state index is -1.23. The predicted octanol–water partition coefficient (Wildman–Crippen LogP) is 2.51. The van der Waals surface area contributed by atoms with Crippen LogP contribution in [0.5, 0.6) is 0 Å². The lowest BCUT2D eigenvalue weighted by Gasteiger charge is -1.99. The standard InChI is InChI=1S/C16H12ClNO4S/c17-13-6-5-12(23-13)15-11(7-14(20)21)18-16(22-15)10-3-1-9(8-19)2-4-10/h1-6,19H,7-8H2,(H,20,21)/p-1. The van der Waals surface area contributed by atoms with Crippen LogP contribution in [-0.4, -0.2) is 16.1 Å². The fourth-order valence-corrected chi connectivity index (χ4v) is 3.16. The van der Waals surface area contributed by atoms with E-state index in [0.717, 1.165) is 5.56 Å². The van der Waals surface area contributed by atoms with Gasteiger partial charge < -0.3 is 19.4 Å². The third-order valence-corrected chi connectivity index (χ3v) is 4.42.